The van der Waals surface area contributed by atoms with Crippen LogP contribution in [0, 0.1) is 0 Å². The average molecular weight is 279 g/mol. The summed E-state index contributed by atoms with van der Waals surface area (Å²) in [7, 11) is 1.80. The first-order valence-corrected chi connectivity index (χ1v) is 6.98. The number of hydrogen-bond donors (Lipinski definition) is 2. The van der Waals surface area contributed by atoms with Gasteiger partial charge in [-0.15, -0.1) is 0 Å². The van der Waals surface area contributed by atoms with Gasteiger partial charge in [0.15, 0.2) is 11.2 Å². The largest absolute Gasteiger partial charge is 0.330 e. The number of hydrogen-bond acceptors (Lipinski definition) is 4. The number of rotatable bonds is 6. The van der Waals surface area contributed by atoms with E-state index in [-0.39, 0.29) is 11.2 Å². The van der Waals surface area contributed by atoms with E-state index in [0.29, 0.717) is 30.7 Å². The highest BCUT2D eigenvalue weighted by molar-refractivity contribution is 5.70. The number of nitrogens with two attached hydrogens (primary N) is 1. The van der Waals surface area contributed by atoms with E-state index in [1.807, 2.05) is 0 Å². The smallest absolute Gasteiger partial charge is 0.330 e. The van der Waals surface area contributed by atoms with Crippen LogP contribution in [0.3, 0.4) is 0 Å². The SMILES string of the molecule is CCCCn1c(=O)[nH]c(=O)c2c1nc(CCCN)n2C. The molecule has 0 aliphatic rings. The summed E-state index contributed by atoms with van der Waals surface area (Å²) in [5.74, 6) is 0.784. The lowest BCUT2D eigenvalue weighted by Gasteiger charge is -2.04. The molecule has 110 valence electrons. The first-order chi connectivity index (χ1) is 9.60. The molecule has 2 aromatic rings. The third-order valence-electron chi connectivity index (χ3n) is 3.45. The van der Waals surface area contributed by atoms with E-state index in [2.05, 4.69) is 16.9 Å². The lowest BCUT2D eigenvalue weighted by Crippen LogP contribution is -2.31. The number of aryl methyl sites for hydroxylation is 3. The minimum absolute atomic E-state index is 0.383. The summed E-state index contributed by atoms with van der Waals surface area (Å²) in [6.45, 7) is 3.19. The van der Waals surface area contributed by atoms with Gasteiger partial charge >= 0.3 is 5.69 Å². The Kier molecular flexibility index (Phi) is 4.39. The molecule has 0 bridgehead atoms. The van der Waals surface area contributed by atoms with Gasteiger partial charge in [0.1, 0.15) is 5.82 Å². The van der Waals surface area contributed by atoms with Crippen molar-refractivity contribution in [2.75, 3.05) is 6.54 Å². The molecule has 2 aromatic heterocycles. The summed E-state index contributed by atoms with van der Waals surface area (Å²) in [5.41, 5.74) is 5.66. The van der Waals surface area contributed by atoms with E-state index in [1.54, 1.807) is 16.2 Å². The maximum absolute atomic E-state index is 12.0. The van der Waals surface area contributed by atoms with Crippen molar-refractivity contribution in [3.05, 3.63) is 26.7 Å². The summed E-state index contributed by atoms with van der Waals surface area (Å²) in [5, 5.41) is 0. The summed E-state index contributed by atoms with van der Waals surface area (Å²) in [4.78, 5) is 30.8. The first-order valence-electron chi connectivity index (χ1n) is 6.98. The molecule has 0 unspecified atom stereocenters. The lowest BCUT2D eigenvalue weighted by atomic mass is 10.3. The van der Waals surface area contributed by atoms with Gasteiger partial charge in [-0.25, -0.2) is 9.78 Å². The molecule has 0 saturated carbocycles. The van der Waals surface area contributed by atoms with E-state index >= 15 is 0 Å². The van der Waals surface area contributed by atoms with Crippen molar-refractivity contribution in [3.63, 3.8) is 0 Å². The number of imidazole rings is 1. The highest BCUT2D eigenvalue weighted by Gasteiger charge is 2.15. The summed E-state index contributed by atoms with van der Waals surface area (Å²) < 4.78 is 3.30. The van der Waals surface area contributed by atoms with Gasteiger partial charge < -0.3 is 10.3 Å². The normalized spacial score (nSPS) is 11.3. The number of H-pyrrole nitrogens is 1. The van der Waals surface area contributed by atoms with Crippen molar-refractivity contribution in [2.45, 2.75) is 39.2 Å². The standard InChI is InChI=1S/C13H21N5O2/c1-3-4-8-18-11-10(12(19)16-13(18)20)17(2)9(15-11)6-5-7-14/h3-8,14H2,1-2H3,(H,16,19,20). The Bertz CT molecular complexity index is 710. The van der Waals surface area contributed by atoms with E-state index in [1.165, 1.54) is 0 Å². The second-order valence-corrected chi connectivity index (χ2v) is 4.92. The number of nitrogens with one attached hydrogen (secondary N) is 1. The van der Waals surface area contributed by atoms with Crippen LogP contribution >= 0.6 is 0 Å². The zero-order valence-corrected chi connectivity index (χ0v) is 12.0. The van der Waals surface area contributed by atoms with Crippen LogP contribution in [0.25, 0.3) is 11.2 Å². The van der Waals surface area contributed by atoms with Gasteiger partial charge in [0.25, 0.3) is 5.56 Å². The molecular weight excluding hydrogens is 258 g/mol. The Labute approximate surface area is 116 Å². The molecule has 7 heteroatoms. The van der Waals surface area contributed by atoms with E-state index < -0.39 is 0 Å². The molecule has 2 heterocycles. The predicted octanol–water partition coefficient (Wildman–Crippen LogP) is 0.115. The molecule has 7 nitrogen and oxygen atoms in total. The fraction of sp³-hybridized carbons (Fsp3) is 0.615. The van der Waals surface area contributed by atoms with Crippen LogP contribution in [-0.2, 0) is 20.0 Å². The van der Waals surface area contributed by atoms with Gasteiger partial charge in [0.05, 0.1) is 0 Å². The zero-order valence-electron chi connectivity index (χ0n) is 12.0. The number of fused-ring (bicyclic) bond motifs is 1. The molecule has 20 heavy (non-hydrogen) atoms. The van der Waals surface area contributed by atoms with Gasteiger partial charge in [-0.2, -0.15) is 0 Å². The zero-order chi connectivity index (χ0) is 14.7. The third kappa shape index (κ3) is 2.53. The number of nitrogens with zero attached hydrogens (tertiary/aromatic N) is 3. The molecule has 0 atom stereocenters. The fourth-order valence-corrected chi connectivity index (χ4v) is 2.30. The number of unbranched alkanes of at least 4 members (excludes halogenated alkanes) is 1. The molecule has 0 fully saturated rings. The molecule has 3 N–H and O–H groups in total. The topological polar surface area (TPSA) is 98.7 Å². The molecule has 0 saturated heterocycles. The molecule has 0 aliphatic carbocycles. The Balaban J connectivity index is 2.62. The van der Waals surface area contributed by atoms with Gasteiger partial charge in [0.2, 0.25) is 0 Å². The molecule has 0 spiro atoms. The molecule has 0 amide bonds. The van der Waals surface area contributed by atoms with Crippen LogP contribution < -0.4 is 17.0 Å². The highest BCUT2D eigenvalue weighted by atomic mass is 16.2. The minimum atomic E-state index is -0.389. The molecule has 0 aromatic carbocycles. The van der Waals surface area contributed by atoms with Crippen molar-refractivity contribution in [1.82, 2.24) is 19.1 Å². The monoisotopic (exact) mass is 279 g/mol. The lowest BCUT2D eigenvalue weighted by molar-refractivity contribution is 0.613. The molecule has 2 rings (SSSR count). The highest BCUT2D eigenvalue weighted by Crippen LogP contribution is 2.11. The van der Waals surface area contributed by atoms with Gasteiger partial charge in [-0.05, 0) is 19.4 Å². The maximum atomic E-state index is 12.0. The van der Waals surface area contributed by atoms with Crippen molar-refractivity contribution < 1.29 is 0 Å². The second kappa shape index (κ2) is 6.04. The Morgan fingerprint density at radius 3 is 2.70 bits per heavy atom. The summed E-state index contributed by atoms with van der Waals surface area (Å²) in [6, 6.07) is 0. The van der Waals surface area contributed by atoms with Gasteiger partial charge in [-0.3, -0.25) is 14.3 Å². The van der Waals surface area contributed by atoms with E-state index in [9.17, 15) is 9.59 Å². The second-order valence-electron chi connectivity index (χ2n) is 4.92. The van der Waals surface area contributed by atoms with Crippen LogP contribution in [0.2, 0.25) is 0 Å². The van der Waals surface area contributed by atoms with Crippen LogP contribution in [-0.4, -0.2) is 25.6 Å². The molecule has 0 aliphatic heterocycles. The maximum Gasteiger partial charge on any atom is 0.330 e. The predicted molar refractivity (Wildman–Crippen MR) is 77.9 cm³/mol. The number of aromatic amines is 1. The van der Waals surface area contributed by atoms with E-state index in [0.717, 1.165) is 25.1 Å². The van der Waals surface area contributed by atoms with Gasteiger partial charge in [-0.1, -0.05) is 13.3 Å². The minimum Gasteiger partial charge on any atom is -0.330 e. The fourth-order valence-electron chi connectivity index (χ4n) is 2.30. The summed E-state index contributed by atoms with van der Waals surface area (Å²) in [6.07, 6.45) is 3.34. The van der Waals surface area contributed by atoms with Crippen LogP contribution in [0.5, 0.6) is 0 Å². The van der Waals surface area contributed by atoms with Gasteiger partial charge in [0, 0.05) is 20.0 Å². The molecule has 0 radical (unpaired) electrons. The summed E-state index contributed by atoms with van der Waals surface area (Å²) >= 11 is 0. The average Bonchev–Trinajstić information content (AvgIpc) is 2.74. The Morgan fingerprint density at radius 2 is 2.05 bits per heavy atom. The van der Waals surface area contributed by atoms with E-state index in [4.69, 9.17) is 5.73 Å². The van der Waals surface area contributed by atoms with Crippen molar-refractivity contribution in [2.24, 2.45) is 12.8 Å². The van der Waals surface area contributed by atoms with Crippen molar-refractivity contribution in [1.29, 1.82) is 0 Å². The van der Waals surface area contributed by atoms with Crippen molar-refractivity contribution in [3.8, 4) is 0 Å². The Hall–Kier alpha value is -1.89. The third-order valence-corrected chi connectivity index (χ3v) is 3.45. The number of aromatic nitrogens is 4. The Morgan fingerprint density at radius 1 is 1.30 bits per heavy atom. The van der Waals surface area contributed by atoms with Crippen LogP contribution in [0.4, 0.5) is 0 Å². The van der Waals surface area contributed by atoms with Crippen LogP contribution in [0.15, 0.2) is 9.59 Å². The van der Waals surface area contributed by atoms with Crippen molar-refractivity contribution >= 4 is 11.2 Å². The first kappa shape index (κ1) is 14.5. The van der Waals surface area contributed by atoms with Crippen LogP contribution in [0.1, 0.15) is 32.0 Å². The quantitative estimate of drug-likeness (QED) is 0.784. The molecular formula is C13H21N5O2.